The van der Waals surface area contributed by atoms with Crippen LogP contribution in [-0.4, -0.2) is 70.0 Å². The first-order valence-corrected chi connectivity index (χ1v) is 7.35. The maximum absolute atomic E-state index is 5.77. The van der Waals surface area contributed by atoms with E-state index < -0.39 is 0 Å². The van der Waals surface area contributed by atoms with E-state index in [0.29, 0.717) is 25.7 Å². The summed E-state index contributed by atoms with van der Waals surface area (Å²) in [5, 5.41) is 3.04. The fraction of sp³-hybridized carbons (Fsp3) is 0.786. The number of rotatable bonds is 10. The summed E-state index contributed by atoms with van der Waals surface area (Å²) < 4.78 is 10.7. The molecule has 0 aliphatic carbocycles. The summed E-state index contributed by atoms with van der Waals surface area (Å²) in [5.41, 5.74) is 5.77. The number of hydrogen-bond donors (Lipinski definition) is 2. The van der Waals surface area contributed by atoms with Gasteiger partial charge in [-0.15, -0.1) is 6.58 Å². The Morgan fingerprint density at radius 1 is 1.40 bits per heavy atom. The van der Waals surface area contributed by atoms with Gasteiger partial charge in [0.1, 0.15) is 0 Å². The maximum Gasteiger partial charge on any atom is 0.188 e. The maximum atomic E-state index is 5.77. The van der Waals surface area contributed by atoms with E-state index in [1.54, 1.807) is 0 Å². The molecule has 116 valence electrons. The highest BCUT2D eigenvalue weighted by molar-refractivity contribution is 5.77. The van der Waals surface area contributed by atoms with Crippen molar-refractivity contribution in [1.82, 2.24) is 10.2 Å². The number of nitrogens with two attached hydrogens (primary N) is 1. The standard InChI is InChI=1S/C14H28N4O2/c1-2-3-10-19-11-6-17-14(15)16-5-4-7-18-8-12-20-13-9-18/h2H,1,3-13H2,(H3,15,16,17). The molecule has 0 saturated carbocycles. The van der Waals surface area contributed by atoms with Gasteiger partial charge in [-0.25, -0.2) is 0 Å². The lowest BCUT2D eigenvalue weighted by Crippen LogP contribution is -2.37. The number of hydrogen-bond acceptors (Lipinski definition) is 4. The second-order valence-electron chi connectivity index (χ2n) is 4.69. The van der Waals surface area contributed by atoms with E-state index in [-0.39, 0.29) is 0 Å². The minimum atomic E-state index is 0.499. The Balaban J connectivity index is 1.93. The lowest BCUT2D eigenvalue weighted by Gasteiger charge is -2.26. The summed E-state index contributed by atoms with van der Waals surface area (Å²) in [7, 11) is 0. The van der Waals surface area contributed by atoms with Crippen LogP contribution in [0.3, 0.4) is 0 Å². The monoisotopic (exact) mass is 284 g/mol. The summed E-state index contributed by atoms with van der Waals surface area (Å²) in [6.07, 6.45) is 3.75. The predicted octanol–water partition coefficient (Wildman–Crippen LogP) is 0.206. The zero-order valence-electron chi connectivity index (χ0n) is 12.4. The molecule has 0 atom stereocenters. The molecule has 20 heavy (non-hydrogen) atoms. The molecule has 6 nitrogen and oxygen atoms in total. The highest BCUT2D eigenvalue weighted by Gasteiger charge is 2.08. The van der Waals surface area contributed by atoms with Crippen LogP contribution in [0.4, 0.5) is 0 Å². The Morgan fingerprint density at radius 2 is 2.20 bits per heavy atom. The fourth-order valence-corrected chi connectivity index (χ4v) is 1.89. The topological polar surface area (TPSA) is 72.1 Å². The van der Waals surface area contributed by atoms with Crippen molar-refractivity contribution in [3.05, 3.63) is 12.7 Å². The zero-order chi connectivity index (χ0) is 14.5. The van der Waals surface area contributed by atoms with Gasteiger partial charge < -0.3 is 20.5 Å². The van der Waals surface area contributed by atoms with Crippen molar-refractivity contribution in [2.24, 2.45) is 10.7 Å². The smallest absolute Gasteiger partial charge is 0.188 e. The Morgan fingerprint density at radius 3 is 2.95 bits per heavy atom. The predicted molar refractivity (Wildman–Crippen MR) is 82.0 cm³/mol. The molecule has 1 aliphatic rings. The van der Waals surface area contributed by atoms with Gasteiger partial charge in [0.05, 0.1) is 26.4 Å². The largest absolute Gasteiger partial charge is 0.379 e. The molecular formula is C14H28N4O2. The first kappa shape index (κ1) is 16.9. The van der Waals surface area contributed by atoms with Gasteiger partial charge in [-0.2, -0.15) is 0 Å². The van der Waals surface area contributed by atoms with Crippen molar-refractivity contribution in [2.45, 2.75) is 12.8 Å². The SMILES string of the molecule is C=CCCOCCNC(N)=NCCCN1CCOCC1. The number of ether oxygens (including phenoxy) is 2. The quantitative estimate of drug-likeness (QED) is 0.260. The highest BCUT2D eigenvalue weighted by atomic mass is 16.5. The van der Waals surface area contributed by atoms with Crippen molar-refractivity contribution in [1.29, 1.82) is 0 Å². The number of morpholine rings is 1. The molecule has 0 aromatic heterocycles. The van der Waals surface area contributed by atoms with Gasteiger partial charge in [0.25, 0.3) is 0 Å². The summed E-state index contributed by atoms with van der Waals surface area (Å²) >= 11 is 0. The molecule has 1 heterocycles. The van der Waals surface area contributed by atoms with Gasteiger partial charge in [-0.1, -0.05) is 6.08 Å². The van der Waals surface area contributed by atoms with Crippen LogP contribution in [0.1, 0.15) is 12.8 Å². The van der Waals surface area contributed by atoms with Gasteiger partial charge in [-0.3, -0.25) is 9.89 Å². The number of nitrogens with zero attached hydrogens (tertiary/aromatic N) is 2. The Bertz CT molecular complexity index is 278. The number of aliphatic imine (C=N–C) groups is 1. The average Bonchev–Trinajstić information content (AvgIpc) is 2.48. The van der Waals surface area contributed by atoms with E-state index in [1.165, 1.54) is 0 Å². The molecule has 0 aromatic carbocycles. The van der Waals surface area contributed by atoms with Crippen LogP contribution < -0.4 is 11.1 Å². The molecule has 1 fully saturated rings. The molecule has 1 aliphatic heterocycles. The van der Waals surface area contributed by atoms with E-state index in [1.807, 2.05) is 6.08 Å². The lowest BCUT2D eigenvalue weighted by molar-refractivity contribution is 0.0377. The minimum absolute atomic E-state index is 0.499. The van der Waals surface area contributed by atoms with E-state index in [9.17, 15) is 0 Å². The average molecular weight is 284 g/mol. The van der Waals surface area contributed by atoms with Gasteiger partial charge in [-0.05, 0) is 12.8 Å². The molecule has 6 heteroatoms. The summed E-state index contributed by atoms with van der Waals surface area (Å²) in [4.78, 5) is 6.70. The van der Waals surface area contributed by atoms with E-state index in [0.717, 1.165) is 52.2 Å². The van der Waals surface area contributed by atoms with Crippen LogP contribution in [0.25, 0.3) is 0 Å². The number of nitrogens with one attached hydrogen (secondary N) is 1. The van der Waals surface area contributed by atoms with Crippen molar-refractivity contribution < 1.29 is 9.47 Å². The summed E-state index contributed by atoms with van der Waals surface area (Å²) in [6, 6.07) is 0. The third-order valence-electron chi connectivity index (χ3n) is 3.04. The van der Waals surface area contributed by atoms with E-state index >= 15 is 0 Å². The van der Waals surface area contributed by atoms with Crippen molar-refractivity contribution in [3.63, 3.8) is 0 Å². The van der Waals surface area contributed by atoms with Crippen LogP contribution in [0.2, 0.25) is 0 Å². The summed E-state index contributed by atoms with van der Waals surface area (Å²) in [6.45, 7) is 11.2. The second kappa shape index (κ2) is 11.7. The molecule has 0 amide bonds. The van der Waals surface area contributed by atoms with Crippen LogP contribution in [-0.2, 0) is 9.47 Å². The number of guanidine groups is 1. The van der Waals surface area contributed by atoms with Crippen LogP contribution in [0.5, 0.6) is 0 Å². The van der Waals surface area contributed by atoms with Gasteiger partial charge in [0, 0.05) is 32.7 Å². The Hall–Kier alpha value is -1.11. The van der Waals surface area contributed by atoms with E-state index in [4.69, 9.17) is 15.2 Å². The normalized spacial score (nSPS) is 17.1. The first-order valence-electron chi connectivity index (χ1n) is 7.35. The van der Waals surface area contributed by atoms with Gasteiger partial charge in [0.15, 0.2) is 5.96 Å². The van der Waals surface area contributed by atoms with Crippen molar-refractivity contribution in [3.8, 4) is 0 Å². The van der Waals surface area contributed by atoms with Crippen LogP contribution in [0, 0.1) is 0 Å². The van der Waals surface area contributed by atoms with Gasteiger partial charge in [0.2, 0.25) is 0 Å². The second-order valence-corrected chi connectivity index (χ2v) is 4.69. The third-order valence-corrected chi connectivity index (χ3v) is 3.04. The van der Waals surface area contributed by atoms with Crippen LogP contribution in [0.15, 0.2) is 17.6 Å². The fourth-order valence-electron chi connectivity index (χ4n) is 1.89. The summed E-state index contributed by atoms with van der Waals surface area (Å²) in [5.74, 6) is 0.499. The first-order chi connectivity index (χ1) is 9.83. The van der Waals surface area contributed by atoms with Gasteiger partial charge >= 0.3 is 0 Å². The molecule has 0 unspecified atom stereocenters. The highest BCUT2D eigenvalue weighted by Crippen LogP contribution is 1.97. The molecule has 1 rings (SSSR count). The van der Waals surface area contributed by atoms with E-state index in [2.05, 4.69) is 21.8 Å². The molecule has 0 radical (unpaired) electrons. The molecular weight excluding hydrogens is 256 g/mol. The zero-order valence-corrected chi connectivity index (χ0v) is 12.4. The Kier molecular flexibility index (Phi) is 9.91. The van der Waals surface area contributed by atoms with Crippen molar-refractivity contribution in [2.75, 3.05) is 59.2 Å². The molecule has 1 saturated heterocycles. The third kappa shape index (κ3) is 8.90. The van der Waals surface area contributed by atoms with Crippen LogP contribution >= 0.6 is 0 Å². The minimum Gasteiger partial charge on any atom is -0.379 e. The Labute approximate surface area is 122 Å². The van der Waals surface area contributed by atoms with Crippen molar-refractivity contribution >= 4 is 5.96 Å². The molecule has 0 spiro atoms. The molecule has 0 aromatic rings. The molecule has 3 N–H and O–H groups in total. The molecule has 0 bridgehead atoms. The lowest BCUT2D eigenvalue weighted by atomic mass is 10.3.